The summed E-state index contributed by atoms with van der Waals surface area (Å²) in [6.45, 7) is 10.0. The number of methoxy groups -OCH3 is 1. The van der Waals surface area contributed by atoms with Crippen LogP contribution in [0, 0.1) is 11.8 Å². The van der Waals surface area contributed by atoms with Crippen LogP contribution in [0.2, 0.25) is 0 Å². The Kier molecular flexibility index (Phi) is 7.96. The molecule has 0 spiro atoms. The third-order valence-corrected chi connectivity index (χ3v) is 4.95. The average Bonchev–Trinajstić information content (AvgIpc) is 2.44. The molecule has 0 aliphatic heterocycles. The van der Waals surface area contributed by atoms with Crippen molar-refractivity contribution in [1.29, 1.82) is 0 Å². The van der Waals surface area contributed by atoms with E-state index in [1.165, 1.54) is 32.2 Å². The van der Waals surface area contributed by atoms with Crippen LogP contribution in [0.25, 0.3) is 0 Å². The Bertz CT molecular complexity index is 235. The van der Waals surface area contributed by atoms with Gasteiger partial charge in [0.25, 0.3) is 0 Å². The SMILES string of the molecule is CCC1CCC(NC)C(CN(CC)C(C)COC)C1. The van der Waals surface area contributed by atoms with Crippen molar-refractivity contribution >= 4 is 0 Å². The average molecular weight is 270 g/mol. The van der Waals surface area contributed by atoms with Gasteiger partial charge in [0.05, 0.1) is 6.61 Å². The van der Waals surface area contributed by atoms with Gasteiger partial charge in [0.15, 0.2) is 0 Å². The minimum atomic E-state index is 0.523. The molecule has 0 saturated heterocycles. The minimum Gasteiger partial charge on any atom is -0.383 e. The molecule has 1 aliphatic carbocycles. The summed E-state index contributed by atoms with van der Waals surface area (Å²) in [5.74, 6) is 1.73. The number of likely N-dealkylation sites (N-methyl/N-ethyl adjacent to an activating group) is 1. The topological polar surface area (TPSA) is 24.5 Å². The number of nitrogens with one attached hydrogen (secondary N) is 1. The molecule has 0 bridgehead atoms. The number of hydrogen-bond donors (Lipinski definition) is 1. The number of hydrogen-bond acceptors (Lipinski definition) is 3. The van der Waals surface area contributed by atoms with Gasteiger partial charge in [0, 0.05) is 25.7 Å². The van der Waals surface area contributed by atoms with Gasteiger partial charge in [-0.2, -0.15) is 0 Å². The highest BCUT2D eigenvalue weighted by molar-refractivity contribution is 4.86. The molecular formula is C16H34N2O. The lowest BCUT2D eigenvalue weighted by Gasteiger charge is -2.40. The normalized spacial score (nSPS) is 29.7. The fraction of sp³-hybridized carbons (Fsp3) is 1.00. The second-order valence-electron chi connectivity index (χ2n) is 6.13. The van der Waals surface area contributed by atoms with Gasteiger partial charge in [-0.3, -0.25) is 4.90 Å². The zero-order valence-electron chi connectivity index (χ0n) is 13.6. The summed E-state index contributed by atoms with van der Waals surface area (Å²) in [5, 5.41) is 3.54. The minimum absolute atomic E-state index is 0.523. The third kappa shape index (κ3) is 5.05. The highest BCUT2D eigenvalue weighted by atomic mass is 16.5. The van der Waals surface area contributed by atoms with Crippen molar-refractivity contribution in [1.82, 2.24) is 10.2 Å². The molecule has 0 aromatic heterocycles. The van der Waals surface area contributed by atoms with Gasteiger partial charge in [-0.25, -0.2) is 0 Å². The Morgan fingerprint density at radius 2 is 2.05 bits per heavy atom. The Hall–Kier alpha value is -0.120. The highest BCUT2D eigenvalue weighted by Gasteiger charge is 2.30. The van der Waals surface area contributed by atoms with E-state index >= 15 is 0 Å². The first-order valence-corrected chi connectivity index (χ1v) is 8.06. The van der Waals surface area contributed by atoms with E-state index in [1.807, 2.05) is 0 Å². The molecule has 3 nitrogen and oxygen atoms in total. The highest BCUT2D eigenvalue weighted by Crippen LogP contribution is 2.32. The predicted molar refractivity (Wildman–Crippen MR) is 82.6 cm³/mol. The zero-order valence-corrected chi connectivity index (χ0v) is 13.6. The summed E-state index contributed by atoms with van der Waals surface area (Å²) in [5.41, 5.74) is 0. The van der Waals surface area contributed by atoms with Crippen LogP contribution in [-0.4, -0.2) is 50.8 Å². The van der Waals surface area contributed by atoms with E-state index in [9.17, 15) is 0 Å². The van der Waals surface area contributed by atoms with Gasteiger partial charge in [0.1, 0.15) is 0 Å². The van der Waals surface area contributed by atoms with Crippen molar-refractivity contribution < 1.29 is 4.74 Å². The molecule has 0 aromatic rings. The molecule has 1 N–H and O–H groups in total. The second kappa shape index (κ2) is 8.93. The number of rotatable bonds is 8. The predicted octanol–water partition coefficient (Wildman–Crippen LogP) is 2.76. The summed E-state index contributed by atoms with van der Waals surface area (Å²) >= 11 is 0. The first kappa shape index (κ1) is 16.9. The van der Waals surface area contributed by atoms with Crippen molar-refractivity contribution in [3.8, 4) is 0 Å². The summed E-state index contributed by atoms with van der Waals surface area (Å²) in [6.07, 6.45) is 5.47. The van der Waals surface area contributed by atoms with Crippen LogP contribution in [0.5, 0.6) is 0 Å². The molecule has 0 radical (unpaired) electrons. The van der Waals surface area contributed by atoms with Crippen LogP contribution in [0.3, 0.4) is 0 Å². The lowest BCUT2D eigenvalue weighted by atomic mass is 9.76. The summed E-state index contributed by atoms with van der Waals surface area (Å²) in [6, 6.07) is 1.22. The number of nitrogens with zero attached hydrogens (tertiary/aromatic N) is 1. The lowest BCUT2D eigenvalue weighted by molar-refractivity contribution is 0.0720. The van der Waals surface area contributed by atoms with Crippen molar-refractivity contribution in [2.75, 3.05) is 33.9 Å². The van der Waals surface area contributed by atoms with Crippen LogP contribution in [0.1, 0.15) is 46.5 Å². The van der Waals surface area contributed by atoms with E-state index in [4.69, 9.17) is 4.74 Å². The first-order valence-electron chi connectivity index (χ1n) is 8.06. The third-order valence-electron chi connectivity index (χ3n) is 4.95. The molecule has 0 aromatic carbocycles. The van der Waals surface area contributed by atoms with Crippen LogP contribution in [0.15, 0.2) is 0 Å². The van der Waals surface area contributed by atoms with Gasteiger partial charge in [-0.05, 0) is 51.6 Å². The molecule has 3 heteroatoms. The molecule has 1 aliphatic rings. The zero-order chi connectivity index (χ0) is 14.3. The standard InChI is InChI=1S/C16H34N2O/c1-6-14-8-9-16(17-4)15(10-14)11-18(7-2)13(3)12-19-5/h13-17H,6-12H2,1-5H3. The van der Waals surface area contributed by atoms with Crippen LogP contribution >= 0.6 is 0 Å². The van der Waals surface area contributed by atoms with Gasteiger partial charge in [0.2, 0.25) is 0 Å². The Labute approximate surface area is 120 Å². The maximum atomic E-state index is 5.31. The monoisotopic (exact) mass is 270 g/mol. The van der Waals surface area contributed by atoms with Crippen LogP contribution < -0.4 is 5.32 Å². The smallest absolute Gasteiger partial charge is 0.0615 e. The van der Waals surface area contributed by atoms with E-state index in [0.717, 1.165) is 25.0 Å². The molecule has 114 valence electrons. The van der Waals surface area contributed by atoms with Crippen molar-refractivity contribution in [2.45, 2.75) is 58.5 Å². The largest absolute Gasteiger partial charge is 0.383 e. The van der Waals surface area contributed by atoms with Crippen molar-refractivity contribution in [3.05, 3.63) is 0 Å². The molecule has 4 atom stereocenters. The molecular weight excluding hydrogens is 236 g/mol. The van der Waals surface area contributed by atoms with Gasteiger partial charge >= 0.3 is 0 Å². The van der Waals surface area contributed by atoms with E-state index in [0.29, 0.717) is 12.1 Å². The van der Waals surface area contributed by atoms with E-state index in [1.54, 1.807) is 7.11 Å². The molecule has 1 fully saturated rings. The summed E-state index contributed by atoms with van der Waals surface area (Å²) in [4.78, 5) is 2.58. The summed E-state index contributed by atoms with van der Waals surface area (Å²) in [7, 11) is 3.92. The van der Waals surface area contributed by atoms with Gasteiger partial charge in [-0.1, -0.05) is 20.3 Å². The van der Waals surface area contributed by atoms with E-state index < -0.39 is 0 Å². The van der Waals surface area contributed by atoms with Crippen molar-refractivity contribution in [3.63, 3.8) is 0 Å². The fourth-order valence-corrected chi connectivity index (χ4v) is 3.58. The van der Waals surface area contributed by atoms with Crippen LogP contribution in [-0.2, 0) is 4.74 Å². The van der Waals surface area contributed by atoms with Gasteiger partial charge in [-0.15, -0.1) is 0 Å². The van der Waals surface area contributed by atoms with E-state index in [-0.39, 0.29) is 0 Å². The van der Waals surface area contributed by atoms with Crippen LogP contribution in [0.4, 0.5) is 0 Å². The number of ether oxygens (including phenoxy) is 1. The first-order chi connectivity index (χ1) is 9.15. The molecule has 0 heterocycles. The maximum absolute atomic E-state index is 5.31. The van der Waals surface area contributed by atoms with Crippen molar-refractivity contribution in [2.24, 2.45) is 11.8 Å². The molecule has 1 saturated carbocycles. The molecule has 19 heavy (non-hydrogen) atoms. The Morgan fingerprint density at radius 3 is 2.58 bits per heavy atom. The molecule has 1 rings (SSSR count). The van der Waals surface area contributed by atoms with Gasteiger partial charge < -0.3 is 10.1 Å². The Balaban J connectivity index is 2.58. The Morgan fingerprint density at radius 1 is 1.32 bits per heavy atom. The fourth-order valence-electron chi connectivity index (χ4n) is 3.58. The lowest BCUT2D eigenvalue weighted by Crippen LogP contribution is -2.47. The van der Waals surface area contributed by atoms with E-state index in [2.05, 4.69) is 38.0 Å². The second-order valence-corrected chi connectivity index (χ2v) is 6.13. The molecule has 0 amide bonds. The molecule has 4 unspecified atom stereocenters. The summed E-state index contributed by atoms with van der Waals surface area (Å²) < 4.78 is 5.31. The quantitative estimate of drug-likeness (QED) is 0.734. The maximum Gasteiger partial charge on any atom is 0.0615 e.